The Bertz CT molecular complexity index is 85.3. The zero-order chi connectivity index (χ0) is 7.40. The lowest BCUT2D eigenvalue weighted by Crippen LogP contribution is -2.35. The van der Waals surface area contributed by atoms with Gasteiger partial charge in [-0.3, -0.25) is 0 Å². The summed E-state index contributed by atoms with van der Waals surface area (Å²) in [6.45, 7) is 5.91. The fraction of sp³-hybridized carbons (Fsp3) is 1.00. The molecule has 2 heteroatoms. The van der Waals surface area contributed by atoms with Crippen LogP contribution in [0.3, 0.4) is 0 Å². The van der Waals surface area contributed by atoms with E-state index in [1.54, 1.807) is 0 Å². The third kappa shape index (κ3) is 2.14. The highest BCUT2D eigenvalue weighted by atomic mass is 35.5. The largest absolute Gasteiger partial charge is 0.303 e. The van der Waals surface area contributed by atoms with Crippen molar-refractivity contribution in [2.75, 3.05) is 25.5 Å². The molecule has 0 aromatic heterocycles. The number of piperidine rings is 1. The van der Waals surface area contributed by atoms with Crippen LogP contribution in [0.15, 0.2) is 0 Å². The van der Waals surface area contributed by atoms with E-state index in [4.69, 9.17) is 11.6 Å². The average molecular weight is 162 g/mol. The molecule has 0 bridgehead atoms. The first-order valence-electron chi connectivity index (χ1n) is 4.15. The van der Waals surface area contributed by atoms with Crippen LogP contribution in [0.5, 0.6) is 0 Å². The minimum atomic E-state index is 0.760. The van der Waals surface area contributed by atoms with Crippen molar-refractivity contribution in [1.82, 2.24) is 4.90 Å². The minimum absolute atomic E-state index is 0.760. The number of hydrogen-bond acceptors (Lipinski definition) is 1. The Balaban J connectivity index is 2.25. The van der Waals surface area contributed by atoms with Gasteiger partial charge in [0.1, 0.15) is 0 Å². The van der Waals surface area contributed by atoms with E-state index in [2.05, 4.69) is 11.8 Å². The monoisotopic (exact) mass is 161 g/mol. The number of hydrogen-bond donors (Lipinski definition) is 0. The number of alkyl halides is 1. The van der Waals surface area contributed by atoms with Crippen LogP contribution in [-0.2, 0) is 0 Å². The van der Waals surface area contributed by atoms with E-state index in [1.807, 2.05) is 0 Å². The lowest BCUT2D eigenvalue weighted by Gasteiger charge is -2.30. The van der Waals surface area contributed by atoms with Gasteiger partial charge in [0.05, 0.1) is 0 Å². The van der Waals surface area contributed by atoms with Crippen molar-refractivity contribution in [3.05, 3.63) is 0 Å². The van der Waals surface area contributed by atoms with Crippen molar-refractivity contribution in [1.29, 1.82) is 0 Å². The van der Waals surface area contributed by atoms with Crippen LogP contribution in [0.2, 0.25) is 0 Å². The van der Waals surface area contributed by atoms with Gasteiger partial charge in [-0.1, -0.05) is 6.92 Å². The van der Waals surface area contributed by atoms with Crippen LogP contribution in [0, 0.1) is 5.92 Å². The minimum Gasteiger partial charge on any atom is -0.303 e. The zero-order valence-corrected chi connectivity index (χ0v) is 7.40. The fourth-order valence-corrected chi connectivity index (χ4v) is 1.82. The highest BCUT2D eigenvalue weighted by Gasteiger charge is 2.16. The van der Waals surface area contributed by atoms with E-state index < -0.39 is 0 Å². The van der Waals surface area contributed by atoms with E-state index in [-0.39, 0.29) is 0 Å². The maximum Gasteiger partial charge on any atom is 0.0263 e. The molecule has 0 aromatic rings. The molecule has 0 unspecified atom stereocenters. The van der Waals surface area contributed by atoms with Crippen molar-refractivity contribution in [2.24, 2.45) is 5.92 Å². The second-order valence-electron chi connectivity index (χ2n) is 3.06. The Labute approximate surface area is 68.4 Å². The topological polar surface area (TPSA) is 3.24 Å². The molecule has 60 valence electrons. The van der Waals surface area contributed by atoms with Crippen LogP contribution in [0.4, 0.5) is 0 Å². The molecule has 0 amide bonds. The average Bonchev–Trinajstić information content (AvgIpc) is 2.05. The van der Waals surface area contributed by atoms with Gasteiger partial charge >= 0.3 is 0 Å². The first-order chi connectivity index (χ1) is 4.86. The molecule has 1 saturated heterocycles. The summed E-state index contributed by atoms with van der Waals surface area (Å²) in [4.78, 5) is 2.48. The molecule has 1 atom stereocenters. The predicted molar refractivity (Wildman–Crippen MR) is 45.6 cm³/mol. The van der Waals surface area contributed by atoms with Gasteiger partial charge in [-0.2, -0.15) is 0 Å². The quantitative estimate of drug-likeness (QED) is 0.560. The first-order valence-corrected chi connectivity index (χ1v) is 4.68. The molecule has 0 radical (unpaired) electrons. The maximum absolute atomic E-state index is 5.78. The first kappa shape index (κ1) is 8.35. The smallest absolute Gasteiger partial charge is 0.0263 e. The lowest BCUT2D eigenvalue weighted by molar-refractivity contribution is 0.194. The molecule has 1 aliphatic heterocycles. The van der Waals surface area contributed by atoms with Gasteiger partial charge in [0, 0.05) is 12.4 Å². The third-order valence-electron chi connectivity index (χ3n) is 2.27. The van der Waals surface area contributed by atoms with E-state index in [0.29, 0.717) is 0 Å². The molecule has 1 aliphatic rings. The van der Waals surface area contributed by atoms with Gasteiger partial charge in [0.25, 0.3) is 0 Å². The molecule has 1 rings (SSSR count). The Morgan fingerprint density at radius 3 is 3.00 bits per heavy atom. The molecule has 1 fully saturated rings. The molecule has 10 heavy (non-hydrogen) atoms. The zero-order valence-electron chi connectivity index (χ0n) is 6.65. The number of halogens is 1. The van der Waals surface area contributed by atoms with Crippen LogP contribution in [0.1, 0.15) is 19.8 Å². The number of rotatable bonds is 2. The molecular weight excluding hydrogens is 146 g/mol. The van der Waals surface area contributed by atoms with Crippen molar-refractivity contribution in [3.8, 4) is 0 Å². The maximum atomic E-state index is 5.78. The molecule has 0 spiro atoms. The summed E-state index contributed by atoms with van der Waals surface area (Å²) in [6, 6.07) is 0. The molecule has 1 heterocycles. The Kier molecular flexibility index (Phi) is 3.50. The van der Waals surface area contributed by atoms with Crippen molar-refractivity contribution >= 4 is 11.6 Å². The summed E-state index contributed by atoms with van der Waals surface area (Å²) in [5.41, 5.74) is 0. The lowest BCUT2D eigenvalue weighted by atomic mass is 10.0. The molecular formula is C8H16ClN. The number of nitrogens with zero attached hydrogens (tertiary/aromatic N) is 1. The molecule has 0 aromatic carbocycles. The van der Waals surface area contributed by atoms with Crippen molar-refractivity contribution < 1.29 is 0 Å². The van der Waals surface area contributed by atoms with Gasteiger partial charge in [-0.15, -0.1) is 11.6 Å². The van der Waals surface area contributed by atoms with E-state index >= 15 is 0 Å². The summed E-state index contributed by atoms with van der Waals surface area (Å²) in [6.07, 6.45) is 2.67. The van der Waals surface area contributed by atoms with Crippen molar-refractivity contribution in [2.45, 2.75) is 19.8 Å². The summed E-state index contributed by atoms with van der Waals surface area (Å²) in [7, 11) is 0. The van der Waals surface area contributed by atoms with Gasteiger partial charge in [0.15, 0.2) is 0 Å². The van der Waals surface area contributed by atoms with Crippen LogP contribution in [-0.4, -0.2) is 30.4 Å². The standard InChI is InChI=1S/C8H16ClN/c1-2-10-5-3-4-8(6-9)7-10/h8H,2-7H2,1H3/t8-/m0/s1. The summed E-state index contributed by atoms with van der Waals surface area (Å²) in [5, 5.41) is 0. The number of likely N-dealkylation sites (tertiary alicyclic amines) is 1. The van der Waals surface area contributed by atoms with Crippen molar-refractivity contribution in [3.63, 3.8) is 0 Å². The second kappa shape index (κ2) is 4.20. The van der Waals surface area contributed by atoms with Crippen LogP contribution >= 0.6 is 11.6 Å². The molecule has 0 saturated carbocycles. The molecule has 0 N–H and O–H groups in total. The van der Waals surface area contributed by atoms with E-state index in [1.165, 1.54) is 32.5 Å². The Hall–Kier alpha value is 0.250. The predicted octanol–water partition coefficient (Wildman–Crippen LogP) is 1.96. The highest BCUT2D eigenvalue weighted by molar-refractivity contribution is 6.18. The summed E-state index contributed by atoms with van der Waals surface area (Å²) < 4.78 is 0. The highest BCUT2D eigenvalue weighted by Crippen LogP contribution is 2.16. The molecule has 1 nitrogen and oxygen atoms in total. The second-order valence-corrected chi connectivity index (χ2v) is 3.36. The Morgan fingerprint density at radius 2 is 2.40 bits per heavy atom. The van der Waals surface area contributed by atoms with Crippen LogP contribution < -0.4 is 0 Å². The van der Waals surface area contributed by atoms with Gasteiger partial charge in [0.2, 0.25) is 0 Å². The normalized spacial score (nSPS) is 28.8. The SMILES string of the molecule is CCN1CCC[C@@H](CCl)C1. The van der Waals surface area contributed by atoms with Crippen LogP contribution in [0.25, 0.3) is 0 Å². The molecule has 0 aliphatic carbocycles. The fourth-order valence-electron chi connectivity index (χ4n) is 1.56. The Morgan fingerprint density at radius 1 is 1.60 bits per heavy atom. The third-order valence-corrected chi connectivity index (χ3v) is 2.70. The summed E-state index contributed by atoms with van der Waals surface area (Å²) in [5.74, 6) is 1.60. The van der Waals surface area contributed by atoms with Gasteiger partial charge < -0.3 is 4.90 Å². The van der Waals surface area contributed by atoms with Gasteiger partial charge in [-0.05, 0) is 31.8 Å². The van der Waals surface area contributed by atoms with E-state index in [0.717, 1.165) is 11.8 Å². The van der Waals surface area contributed by atoms with E-state index in [9.17, 15) is 0 Å². The summed E-state index contributed by atoms with van der Waals surface area (Å²) >= 11 is 5.78. The van der Waals surface area contributed by atoms with Gasteiger partial charge in [-0.25, -0.2) is 0 Å².